The first-order valence-corrected chi connectivity index (χ1v) is 6.62. The monoisotopic (exact) mass is 231 g/mol. The second-order valence-corrected chi connectivity index (χ2v) is 4.70. The van der Waals surface area contributed by atoms with Crippen LogP contribution in [0.1, 0.15) is 43.4 Å². The molecule has 0 radical (unpaired) electrons. The molecule has 0 atom stereocenters. The molecular formula is C16H25N. The molecule has 1 heteroatoms. The van der Waals surface area contributed by atoms with Crippen LogP contribution >= 0.6 is 0 Å². The van der Waals surface area contributed by atoms with Crippen molar-refractivity contribution in [3.8, 4) is 0 Å². The summed E-state index contributed by atoms with van der Waals surface area (Å²) in [5, 5.41) is 3.22. The van der Waals surface area contributed by atoms with Gasteiger partial charge in [0.05, 0.1) is 0 Å². The SMILES string of the molecule is C1CCNC1.C=C(C)c1c(C)cccc1CC. The van der Waals surface area contributed by atoms with Crippen LogP contribution in [0, 0.1) is 6.92 Å². The van der Waals surface area contributed by atoms with Crippen LogP contribution < -0.4 is 5.32 Å². The molecule has 0 saturated carbocycles. The Kier molecular flexibility index (Phi) is 5.99. The van der Waals surface area contributed by atoms with Crippen molar-refractivity contribution >= 4 is 5.57 Å². The van der Waals surface area contributed by atoms with Crippen molar-refractivity contribution in [1.82, 2.24) is 5.32 Å². The molecule has 1 fully saturated rings. The van der Waals surface area contributed by atoms with Crippen LogP contribution in [0.4, 0.5) is 0 Å². The highest BCUT2D eigenvalue weighted by molar-refractivity contribution is 5.67. The Morgan fingerprint density at radius 2 is 1.94 bits per heavy atom. The van der Waals surface area contributed by atoms with Crippen LogP contribution in [0.2, 0.25) is 0 Å². The van der Waals surface area contributed by atoms with Crippen LogP contribution in [-0.4, -0.2) is 13.1 Å². The molecule has 0 unspecified atom stereocenters. The minimum Gasteiger partial charge on any atom is -0.317 e. The van der Waals surface area contributed by atoms with Gasteiger partial charge in [0.15, 0.2) is 0 Å². The summed E-state index contributed by atoms with van der Waals surface area (Å²) in [5.74, 6) is 0. The maximum atomic E-state index is 3.99. The quantitative estimate of drug-likeness (QED) is 0.812. The molecule has 0 amide bonds. The normalized spacial score (nSPS) is 14.1. The summed E-state index contributed by atoms with van der Waals surface area (Å²) in [7, 11) is 0. The molecule has 0 aromatic heterocycles. The average molecular weight is 231 g/mol. The highest BCUT2D eigenvalue weighted by Gasteiger charge is 2.03. The Balaban J connectivity index is 0.000000239. The zero-order valence-corrected chi connectivity index (χ0v) is 11.5. The average Bonchev–Trinajstić information content (AvgIpc) is 2.86. The number of allylic oxidation sites excluding steroid dienone is 1. The first kappa shape index (κ1) is 14.0. The lowest BCUT2D eigenvalue weighted by molar-refractivity contribution is 0.857. The highest BCUT2D eigenvalue weighted by Crippen LogP contribution is 2.21. The maximum Gasteiger partial charge on any atom is -0.00484 e. The molecule has 1 saturated heterocycles. The maximum absolute atomic E-state index is 3.99. The first-order valence-electron chi connectivity index (χ1n) is 6.62. The summed E-state index contributed by atoms with van der Waals surface area (Å²) in [6.07, 6.45) is 3.86. The van der Waals surface area contributed by atoms with Gasteiger partial charge in [0, 0.05) is 0 Å². The molecule has 94 valence electrons. The van der Waals surface area contributed by atoms with Gasteiger partial charge in [-0.1, -0.05) is 37.3 Å². The van der Waals surface area contributed by atoms with Crippen LogP contribution in [0.3, 0.4) is 0 Å². The minimum atomic E-state index is 1.09. The summed E-state index contributed by atoms with van der Waals surface area (Å²) in [6, 6.07) is 6.43. The van der Waals surface area contributed by atoms with Crippen LogP contribution in [0.5, 0.6) is 0 Å². The summed E-state index contributed by atoms with van der Waals surface area (Å²) in [6.45, 7) is 12.9. The minimum absolute atomic E-state index is 1.09. The van der Waals surface area contributed by atoms with Gasteiger partial charge in [-0.15, -0.1) is 0 Å². The van der Waals surface area contributed by atoms with Crippen LogP contribution in [-0.2, 0) is 6.42 Å². The lowest BCUT2D eigenvalue weighted by Gasteiger charge is -2.10. The second-order valence-electron chi connectivity index (χ2n) is 4.70. The van der Waals surface area contributed by atoms with E-state index in [0.717, 1.165) is 6.42 Å². The summed E-state index contributed by atoms with van der Waals surface area (Å²) < 4.78 is 0. The Bertz CT molecular complexity index is 354. The predicted octanol–water partition coefficient (Wildman–Crippen LogP) is 3.96. The topological polar surface area (TPSA) is 12.0 Å². The molecule has 2 rings (SSSR count). The summed E-state index contributed by atoms with van der Waals surface area (Å²) >= 11 is 0. The standard InChI is InChI=1S/C12H16.C4H9N/c1-5-11-8-6-7-10(4)12(11)9(2)3;1-2-4-5-3-1/h6-8H,2,5H2,1,3-4H3;5H,1-4H2. The lowest BCUT2D eigenvalue weighted by atomic mass is 9.95. The Morgan fingerprint density at radius 1 is 1.29 bits per heavy atom. The Hall–Kier alpha value is -1.08. The van der Waals surface area contributed by atoms with Crippen molar-refractivity contribution in [2.45, 2.75) is 40.0 Å². The van der Waals surface area contributed by atoms with E-state index in [1.165, 1.54) is 48.2 Å². The van der Waals surface area contributed by atoms with Crippen molar-refractivity contribution in [3.05, 3.63) is 41.5 Å². The number of rotatable bonds is 2. The van der Waals surface area contributed by atoms with Gasteiger partial charge in [0.25, 0.3) is 0 Å². The fourth-order valence-corrected chi connectivity index (χ4v) is 2.26. The summed E-state index contributed by atoms with van der Waals surface area (Å²) in [5.41, 5.74) is 5.26. The van der Waals surface area contributed by atoms with Gasteiger partial charge in [-0.2, -0.15) is 0 Å². The molecule has 1 N–H and O–H groups in total. The fourth-order valence-electron chi connectivity index (χ4n) is 2.26. The van der Waals surface area contributed by atoms with Gasteiger partial charge in [-0.3, -0.25) is 0 Å². The van der Waals surface area contributed by atoms with E-state index >= 15 is 0 Å². The zero-order valence-electron chi connectivity index (χ0n) is 11.5. The largest absolute Gasteiger partial charge is 0.317 e. The fraction of sp³-hybridized carbons (Fsp3) is 0.500. The van der Waals surface area contributed by atoms with Gasteiger partial charge >= 0.3 is 0 Å². The third kappa shape index (κ3) is 4.35. The van der Waals surface area contributed by atoms with Crippen LogP contribution in [0.15, 0.2) is 24.8 Å². The highest BCUT2D eigenvalue weighted by atomic mass is 14.9. The van der Waals surface area contributed by atoms with E-state index in [-0.39, 0.29) is 0 Å². The zero-order chi connectivity index (χ0) is 12.7. The van der Waals surface area contributed by atoms with Gasteiger partial charge < -0.3 is 5.32 Å². The molecule has 17 heavy (non-hydrogen) atoms. The van der Waals surface area contributed by atoms with E-state index < -0.39 is 0 Å². The molecule has 0 aliphatic carbocycles. The number of hydrogen-bond acceptors (Lipinski definition) is 1. The molecule has 0 spiro atoms. The molecule has 1 aromatic carbocycles. The lowest BCUT2D eigenvalue weighted by Crippen LogP contribution is -2.03. The van der Waals surface area contributed by atoms with Crippen molar-refractivity contribution < 1.29 is 0 Å². The number of hydrogen-bond donors (Lipinski definition) is 1. The van der Waals surface area contributed by atoms with Crippen molar-refractivity contribution in [3.63, 3.8) is 0 Å². The van der Waals surface area contributed by atoms with E-state index in [1.807, 2.05) is 0 Å². The second kappa shape index (κ2) is 7.29. The van der Waals surface area contributed by atoms with Gasteiger partial charge in [-0.25, -0.2) is 0 Å². The van der Waals surface area contributed by atoms with E-state index in [0.29, 0.717) is 0 Å². The van der Waals surface area contributed by atoms with Gasteiger partial charge in [0.2, 0.25) is 0 Å². The van der Waals surface area contributed by atoms with E-state index in [9.17, 15) is 0 Å². The number of nitrogens with one attached hydrogen (secondary N) is 1. The first-order chi connectivity index (χ1) is 8.16. The smallest absolute Gasteiger partial charge is 0.00484 e. The van der Waals surface area contributed by atoms with Crippen LogP contribution in [0.25, 0.3) is 5.57 Å². The van der Waals surface area contributed by atoms with Crippen molar-refractivity contribution in [2.75, 3.05) is 13.1 Å². The van der Waals surface area contributed by atoms with Gasteiger partial charge in [0.1, 0.15) is 0 Å². The molecule has 1 aromatic rings. The molecule has 1 aliphatic rings. The Labute approximate surface area is 106 Å². The van der Waals surface area contributed by atoms with E-state index in [1.54, 1.807) is 0 Å². The molecular weight excluding hydrogens is 206 g/mol. The predicted molar refractivity (Wildman–Crippen MR) is 77.4 cm³/mol. The summed E-state index contributed by atoms with van der Waals surface area (Å²) in [4.78, 5) is 0. The molecule has 0 bridgehead atoms. The molecule has 1 aliphatic heterocycles. The third-order valence-corrected chi connectivity index (χ3v) is 3.12. The van der Waals surface area contributed by atoms with Crippen molar-refractivity contribution in [1.29, 1.82) is 0 Å². The number of benzene rings is 1. The Morgan fingerprint density at radius 3 is 2.29 bits per heavy atom. The molecule has 1 nitrogen and oxygen atoms in total. The van der Waals surface area contributed by atoms with Gasteiger partial charge in [-0.05, 0) is 62.9 Å². The van der Waals surface area contributed by atoms with E-state index in [2.05, 4.69) is 50.9 Å². The number of aryl methyl sites for hydroxylation is 2. The van der Waals surface area contributed by atoms with Crippen molar-refractivity contribution in [2.24, 2.45) is 0 Å². The third-order valence-electron chi connectivity index (χ3n) is 3.12. The van der Waals surface area contributed by atoms with E-state index in [4.69, 9.17) is 0 Å². The molecule has 1 heterocycles.